The van der Waals surface area contributed by atoms with E-state index in [0.29, 0.717) is 12.3 Å². The maximum Gasteiger partial charge on any atom is 0.142 e. The molecule has 0 atom stereocenters. The first-order valence-corrected chi connectivity index (χ1v) is 8.04. The molecule has 22 heavy (non-hydrogen) atoms. The summed E-state index contributed by atoms with van der Waals surface area (Å²) in [5.41, 5.74) is 9.73. The zero-order valence-corrected chi connectivity index (χ0v) is 13.1. The molecule has 2 heterocycles. The third-order valence-corrected chi connectivity index (χ3v) is 4.09. The van der Waals surface area contributed by atoms with E-state index in [1.54, 1.807) is 23.7 Å². The van der Waals surface area contributed by atoms with Crippen LogP contribution in [0.1, 0.15) is 13.3 Å². The standard InChI is InChI=1S/C17H17N3OS/c1-2-9-21-16-4-3-13(10-14(16)18)17-20-15(11-22-17)12-5-7-19-8-6-12/h3-8,10-11H,2,9,18H2,1H3. The van der Waals surface area contributed by atoms with Crippen molar-refractivity contribution in [2.75, 3.05) is 12.3 Å². The van der Waals surface area contributed by atoms with Crippen molar-refractivity contribution < 1.29 is 4.74 Å². The molecular formula is C17H17N3OS. The Hall–Kier alpha value is -2.40. The number of ether oxygens (including phenoxy) is 1. The van der Waals surface area contributed by atoms with E-state index >= 15 is 0 Å². The fourth-order valence-corrected chi connectivity index (χ4v) is 2.91. The zero-order valence-electron chi connectivity index (χ0n) is 12.3. The van der Waals surface area contributed by atoms with E-state index < -0.39 is 0 Å². The first-order valence-electron chi connectivity index (χ1n) is 7.16. The van der Waals surface area contributed by atoms with Gasteiger partial charge in [0, 0.05) is 28.9 Å². The van der Waals surface area contributed by atoms with Crippen LogP contribution in [0, 0.1) is 0 Å². The largest absolute Gasteiger partial charge is 0.491 e. The minimum absolute atomic E-state index is 0.645. The van der Waals surface area contributed by atoms with Gasteiger partial charge in [0.05, 0.1) is 18.0 Å². The second-order valence-corrected chi connectivity index (χ2v) is 5.73. The van der Waals surface area contributed by atoms with Gasteiger partial charge < -0.3 is 10.5 Å². The van der Waals surface area contributed by atoms with Gasteiger partial charge in [-0.15, -0.1) is 11.3 Å². The number of aromatic nitrogens is 2. The molecule has 0 spiro atoms. The Bertz CT molecular complexity index is 756. The smallest absolute Gasteiger partial charge is 0.142 e. The summed E-state index contributed by atoms with van der Waals surface area (Å²) in [6.45, 7) is 2.74. The van der Waals surface area contributed by atoms with Gasteiger partial charge in [-0.1, -0.05) is 6.92 Å². The van der Waals surface area contributed by atoms with Gasteiger partial charge in [-0.2, -0.15) is 0 Å². The van der Waals surface area contributed by atoms with Crippen LogP contribution in [0.25, 0.3) is 21.8 Å². The molecule has 0 amide bonds. The number of nitrogens with zero attached hydrogens (tertiary/aromatic N) is 2. The third kappa shape index (κ3) is 3.09. The number of hydrogen-bond donors (Lipinski definition) is 1. The van der Waals surface area contributed by atoms with E-state index in [4.69, 9.17) is 10.5 Å². The molecule has 1 aromatic carbocycles. The van der Waals surface area contributed by atoms with E-state index in [-0.39, 0.29) is 0 Å². The molecule has 5 heteroatoms. The van der Waals surface area contributed by atoms with E-state index in [9.17, 15) is 0 Å². The molecule has 0 unspecified atom stereocenters. The van der Waals surface area contributed by atoms with Crippen molar-refractivity contribution in [1.29, 1.82) is 0 Å². The Balaban J connectivity index is 1.86. The molecule has 0 aliphatic heterocycles. The molecule has 0 fully saturated rings. The third-order valence-electron chi connectivity index (χ3n) is 3.20. The Morgan fingerprint density at radius 1 is 1.14 bits per heavy atom. The summed E-state index contributed by atoms with van der Waals surface area (Å²) < 4.78 is 5.60. The van der Waals surface area contributed by atoms with Gasteiger partial charge in [0.2, 0.25) is 0 Å². The number of benzene rings is 1. The Kier molecular flexibility index (Phi) is 4.34. The van der Waals surface area contributed by atoms with Crippen LogP contribution in [-0.2, 0) is 0 Å². The second kappa shape index (κ2) is 6.58. The lowest BCUT2D eigenvalue weighted by Crippen LogP contribution is -1.99. The molecule has 0 saturated carbocycles. The van der Waals surface area contributed by atoms with Crippen molar-refractivity contribution >= 4 is 17.0 Å². The maximum absolute atomic E-state index is 6.06. The number of thiazole rings is 1. The molecule has 0 radical (unpaired) electrons. The fraction of sp³-hybridized carbons (Fsp3) is 0.176. The maximum atomic E-state index is 6.06. The summed E-state index contributed by atoms with van der Waals surface area (Å²) in [5.74, 6) is 0.733. The highest BCUT2D eigenvalue weighted by Gasteiger charge is 2.09. The molecule has 0 saturated heterocycles. The van der Waals surface area contributed by atoms with E-state index in [0.717, 1.165) is 34.0 Å². The van der Waals surface area contributed by atoms with E-state index in [1.165, 1.54) is 0 Å². The molecule has 112 valence electrons. The molecule has 0 bridgehead atoms. The van der Waals surface area contributed by atoms with E-state index in [2.05, 4.69) is 16.9 Å². The molecule has 0 aliphatic carbocycles. The van der Waals surface area contributed by atoms with Crippen molar-refractivity contribution in [1.82, 2.24) is 9.97 Å². The molecule has 4 nitrogen and oxygen atoms in total. The molecule has 2 aromatic heterocycles. The first-order chi connectivity index (χ1) is 10.8. The topological polar surface area (TPSA) is 61.0 Å². The normalized spacial score (nSPS) is 10.6. The summed E-state index contributed by atoms with van der Waals surface area (Å²) in [6.07, 6.45) is 4.50. The van der Waals surface area contributed by atoms with Crippen LogP contribution < -0.4 is 10.5 Å². The van der Waals surface area contributed by atoms with E-state index in [1.807, 2.05) is 35.7 Å². The predicted octanol–water partition coefficient (Wildman–Crippen LogP) is 4.24. The van der Waals surface area contributed by atoms with Crippen molar-refractivity contribution in [3.05, 3.63) is 48.1 Å². The Morgan fingerprint density at radius 3 is 2.68 bits per heavy atom. The van der Waals surface area contributed by atoms with Crippen molar-refractivity contribution in [3.63, 3.8) is 0 Å². The number of nitrogens with two attached hydrogens (primary N) is 1. The lowest BCUT2D eigenvalue weighted by Gasteiger charge is -2.08. The first kappa shape index (κ1) is 14.5. The molecule has 2 N–H and O–H groups in total. The zero-order chi connectivity index (χ0) is 15.4. The summed E-state index contributed by atoms with van der Waals surface area (Å²) in [7, 11) is 0. The van der Waals surface area contributed by atoms with Crippen LogP contribution in [0.3, 0.4) is 0 Å². The lowest BCUT2D eigenvalue weighted by atomic mass is 10.2. The van der Waals surface area contributed by atoms with Gasteiger partial charge in [-0.05, 0) is 36.8 Å². The molecular weight excluding hydrogens is 294 g/mol. The van der Waals surface area contributed by atoms with Crippen molar-refractivity contribution in [2.24, 2.45) is 0 Å². The second-order valence-electron chi connectivity index (χ2n) is 4.87. The van der Waals surface area contributed by atoms with Crippen molar-refractivity contribution in [2.45, 2.75) is 13.3 Å². The number of nitrogen functional groups attached to an aromatic ring is 1. The average molecular weight is 311 g/mol. The number of rotatable bonds is 5. The quantitative estimate of drug-likeness (QED) is 0.716. The average Bonchev–Trinajstić information content (AvgIpc) is 3.04. The highest BCUT2D eigenvalue weighted by molar-refractivity contribution is 7.13. The van der Waals surface area contributed by atoms with Crippen LogP contribution in [0.15, 0.2) is 48.1 Å². The summed E-state index contributed by atoms with van der Waals surface area (Å²) >= 11 is 1.60. The van der Waals surface area contributed by atoms with Gasteiger partial charge in [-0.25, -0.2) is 4.98 Å². The minimum Gasteiger partial charge on any atom is -0.491 e. The van der Waals surface area contributed by atoms with Gasteiger partial charge in [0.1, 0.15) is 10.8 Å². The monoisotopic (exact) mass is 311 g/mol. The highest BCUT2D eigenvalue weighted by atomic mass is 32.1. The lowest BCUT2D eigenvalue weighted by molar-refractivity contribution is 0.319. The van der Waals surface area contributed by atoms with Crippen LogP contribution in [0.2, 0.25) is 0 Å². The van der Waals surface area contributed by atoms with Crippen LogP contribution in [-0.4, -0.2) is 16.6 Å². The fourth-order valence-electron chi connectivity index (χ4n) is 2.09. The SMILES string of the molecule is CCCOc1ccc(-c2nc(-c3ccncc3)cs2)cc1N. The van der Waals surface area contributed by atoms with Gasteiger partial charge >= 0.3 is 0 Å². The van der Waals surface area contributed by atoms with Crippen LogP contribution in [0.4, 0.5) is 5.69 Å². The summed E-state index contributed by atoms with van der Waals surface area (Å²) in [5, 5.41) is 2.99. The van der Waals surface area contributed by atoms with Gasteiger partial charge in [-0.3, -0.25) is 4.98 Å². The molecule has 3 aromatic rings. The molecule has 3 rings (SSSR count). The number of anilines is 1. The van der Waals surface area contributed by atoms with Crippen LogP contribution >= 0.6 is 11.3 Å². The number of hydrogen-bond acceptors (Lipinski definition) is 5. The summed E-state index contributed by atoms with van der Waals surface area (Å²) in [6, 6.07) is 9.73. The van der Waals surface area contributed by atoms with Gasteiger partial charge in [0.15, 0.2) is 0 Å². The predicted molar refractivity (Wildman–Crippen MR) is 91.0 cm³/mol. The minimum atomic E-state index is 0.645. The van der Waals surface area contributed by atoms with Crippen molar-refractivity contribution in [3.8, 4) is 27.6 Å². The summed E-state index contributed by atoms with van der Waals surface area (Å²) in [4.78, 5) is 8.70. The molecule has 0 aliphatic rings. The van der Waals surface area contributed by atoms with Crippen LogP contribution in [0.5, 0.6) is 5.75 Å². The Morgan fingerprint density at radius 2 is 1.95 bits per heavy atom. The Labute approximate surface area is 133 Å². The highest BCUT2D eigenvalue weighted by Crippen LogP contribution is 2.32. The van der Waals surface area contributed by atoms with Gasteiger partial charge in [0.25, 0.3) is 0 Å². The number of pyridine rings is 1.